The molecule has 20 nitrogen and oxygen atoms in total. The number of rotatable bonds is 4. The predicted molar refractivity (Wildman–Crippen MR) is 204 cm³/mol. The molecular weight excluding hydrogens is 935 g/mol. The summed E-state index contributed by atoms with van der Waals surface area (Å²) in [6.07, 6.45) is 0. The van der Waals surface area contributed by atoms with E-state index in [4.69, 9.17) is 9.97 Å². The number of nitrogens with one attached hydrogen (secondary N) is 2. The van der Waals surface area contributed by atoms with Crippen LogP contribution >= 0.6 is 0 Å². The number of hydrogen-bond acceptors (Lipinski definition) is 14. The summed E-state index contributed by atoms with van der Waals surface area (Å²) in [6.45, 7) is 0. The SMILES string of the molecule is O=S(=O)(O)c1c(S(=O)(=O)O)c(S(=O)(=O)O)c2c3nc4nc(nc5[nH]c(nc6nc(nc([nH]3)c2c1S(=O)(=O)O)-c1ccccc1-6)c1ccccc51)-c1ccccc1-4.[SnH2]. The quantitative estimate of drug-likeness (QED) is 0.109. The Labute approximate surface area is 336 Å². The molecule has 9 rings (SSSR count). The van der Waals surface area contributed by atoms with Gasteiger partial charge in [-0.15, -0.1) is 0 Å². The molecule has 0 fully saturated rings. The van der Waals surface area contributed by atoms with E-state index in [0.29, 0.717) is 33.2 Å². The van der Waals surface area contributed by atoms with Gasteiger partial charge in [-0.2, -0.15) is 33.7 Å². The molecule has 7 aromatic rings. The van der Waals surface area contributed by atoms with Crippen molar-refractivity contribution in [1.82, 2.24) is 39.9 Å². The van der Waals surface area contributed by atoms with E-state index in [1.165, 1.54) is 12.1 Å². The molecule has 3 aromatic heterocycles. The van der Waals surface area contributed by atoms with Gasteiger partial charge in [0.1, 0.15) is 42.2 Å². The molecule has 8 bridgehead atoms. The molecule has 25 heteroatoms. The van der Waals surface area contributed by atoms with E-state index in [2.05, 4.69) is 29.9 Å². The van der Waals surface area contributed by atoms with Gasteiger partial charge in [-0.05, 0) is 0 Å². The number of hydrogen-bond donors (Lipinski definition) is 6. The average Bonchev–Trinajstić information content (AvgIpc) is 3.84. The van der Waals surface area contributed by atoms with Crippen LogP contribution in [0.4, 0.5) is 0 Å². The zero-order valence-electron chi connectivity index (χ0n) is 28.0. The van der Waals surface area contributed by atoms with Crippen molar-refractivity contribution in [3.63, 3.8) is 0 Å². The summed E-state index contributed by atoms with van der Waals surface area (Å²) in [5.74, 6) is -0.428. The Hall–Kier alpha value is -5.32. The molecule has 4 aromatic carbocycles. The Morgan fingerprint density at radius 3 is 0.930 bits per heavy atom. The standard InChI is InChI=1S/C32H18N8O12S4.Sn.2H/c41-53(42,43)21-19-20(22(54(44,45)46)24(56(50,51)52)23(21)55(47,48)49)32-39-30-18-12-6-4-10-16(18)28(37-30)35-26-14-8-2-1-7-13(14)25(33-26)34-27-15-9-3-5-11-17(15)29(36-27)38-31(19)40-32;;;/h1-12H,(H,41,42,43)(H,44,45,46)(H,47,48,49)(H,50,51,52)(H2,33,34,35,36,37,38,39,40);;;. The predicted octanol–water partition coefficient (Wildman–Crippen LogP) is 2.94. The molecule has 0 amide bonds. The van der Waals surface area contributed by atoms with Crippen molar-refractivity contribution < 1.29 is 51.9 Å². The normalized spacial score (nSPS) is 13.0. The molecule has 6 N–H and O–H groups in total. The molecule has 2 radical (unpaired) electrons. The van der Waals surface area contributed by atoms with Gasteiger partial charge in [-0.25, -0.2) is 29.9 Å². The summed E-state index contributed by atoms with van der Waals surface area (Å²) >= 11 is 0. The van der Waals surface area contributed by atoms with Crippen LogP contribution in [0.25, 0.3) is 89.7 Å². The van der Waals surface area contributed by atoms with Crippen molar-refractivity contribution in [3.05, 3.63) is 72.8 Å². The summed E-state index contributed by atoms with van der Waals surface area (Å²) < 4.78 is 146. The third kappa shape index (κ3) is 6.16. The van der Waals surface area contributed by atoms with Gasteiger partial charge in [0.2, 0.25) is 0 Å². The minimum atomic E-state index is -6.24. The summed E-state index contributed by atoms with van der Waals surface area (Å²) in [4.78, 5) is 24.5. The Bertz CT molecular complexity index is 3380. The van der Waals surface area contributed by atoms with E-state index < -0.39 is 82.1 Å². The van der Waals surface area contributed by atoms with Crippen molar-refractivity contribution in [1.29, 1.82) is 0 Å². The topological polar surface area (TPSA) is 326 Å². The number of nitrogens with zero attached hydrogens (tertiary/aromatic N) is 6. The van der Waals surface area contributed by atoms with Crippen molar-refractivity contribution in [2.75, 3.05) is 0 Å². The molecule has 5 heterocycles. The fourth-order valence-electron chi connectivity index (χ4n) is 6.75. The summed E-state index contributed by atoms with van der Waals surface area (Å²) in [7, 11) is -24.6. The molecule has 57 heavy (non-hydrogen) atoms. The number of aromatic amines is 2. The van der Waals surface area contributed by atoms with Crippen molar-refractivity contribution >= 4 is 109 Å². The number of benzene rings is 4. The van der Waals surface area contributed by atoms with Gasteiger partial charge < -0.3 is 9.97 Å². The summed E-state index contributed by atoms with van der Waals surface area (Å²) in [5.41, 5.74) is 0.187. The molecule has 2 aliphatic rings. The monoisotopic (exact) mass is 956 g/mol. The number of fused-ring (bicyclic) bond motifs is 20. The van der Waals surface area contributed by atoms with Gasteiger partial charge in [-0.1, -0.05) is 72.8 Å². The molecule has 0 spiro atoms. The molecule has 0 atom stereocenters. The molecule has 0 aliphatic carbocycles. The maximum atomic E-state index is 13.2. The van der Waals surface area contributed by atoms with Crippen LogP contribution in [0.2, 0.25) is 0 Å². The third-order valence-electron chi connectivity index (χ3n) is 8.85. The molecule has 2 aliphatic heterocycles. The van der Waals surface area contributed by atoms with Gasteiger partial charge in [0.05, 0.1) is 10.8 Å². The fraction of sp³-hybridized carbons (Fsp3) is 0. The molecule has 0 saturated carbocycles. The molecule has 0 saturated heterocycles. The van der Waals surface area contributed by atoms with Crippen molar-refractivity contribution in [3.8, 4) is 45.6 Å². The van der Waals surface area contributed by atoms with Crippen LogP contribution in [0.15, 0.2) is 92.4 Å². The Morgan fingerprint density at radius 1 is 0.368 bits per heavy atom. The Balaban J connectivity index is 0.00000455. The zero-order valence-corrected chi connectivity index (χ0v) is 35.3. The van der Waals surface area contributed by atoms with E-state index in [-0.39, 0.29) is 58.3 Å². The van der Waals surface area contributed by atoms with Crippen LogP contribution in [-0.4, -0.2) is 116 Å². The third-order valence-corrected chi connectivity index (χ3v) is 12.9. The van der Waals surface area contributed by atoms with E-state index in [1.807, 2.05) is 0 Å². The van der Waals surface area contributed by atoms with Crippen molar-refractivity contribution in [2.24, 2.45) is 0 Å². The van der Waals surface area contributed by atoms with E-state index in [0.717, 1.165) is 0 Å². The van der Waals surface area contributed by atoms with E-state index in [9.17, 15) is 51.9 Å². The van der Waals surface area contributed by atoms with Crippen LogP contribution in [0, 0.1) is 0 Å². The first-order chi connectivity index (χ1) is 26.3. The van der Waals surface area contributed by atoms with Crippen molar-refractivity contribution in [2.45, 2.75) is 19.6 Å². The average molecular weight is 956 g/mol. The van der Waals surface area contributed by atoms with Gasteiger partial charge in [0.25, 0.3) is 40.5 Å². The molecular formula is C32H20N8O12S4Sn. The Kier molecular flexibility index (Phi) is 8.69. The van der Waals surface area contributed by atoms with Crippen LogP contribution < -0.4 is 0 Å². The summed E-state index contributed by atoms with van der Waals surface area (Å²) in [6, 6.07) is 19.9. The Morgan fingerprint density at radius 2 is 0.632 bits per heavy atom. The first kappa shape index (κ1) is 38.5. The van der Waals surface area contributed by atoms with Crippen LogP contribution in [0.1, 0.15) is 0 Å². The summed E-state index contributed by atoms with van der Waals surface area (Å²) in [5, 5.41) is -1.17. The van der Waals surface area contributed by atoms with Crippen LogP contribution in [0.3, 0.4) is 0 Å². The zero-order chi connectivity index (χ0) is 39.7. The second-order valence-electron chi connectivity index (χ2n) is 12.2. The number of aromatic nitrogens is 8. The fourth-order valence-corrected chi connectivity index (χ4v) is 11.7. The minimum absolute atomic E-state index is 0. The van der Waals surface area contributed by atoms with Gasteiger partial charge in [0.15, 0.2) is 23.3 Å². The van der Waals surface area contributed by atoms with Gasteiger partial charge in [-0.3, -0.25) is 18.2 Å². The first-order valence-electron chi connectivity index (χ1n) is 15.5. The van der Waals surface area contributed by atoms with Gasteiger partial charge in [0, 0.05) is 33.0 Å². The van der Waals surface area contributed by atoms with E-state index >= 15 is 0 Å². The second-order valence-corrected chi connectivity index (χ2v) is 17.6. The van der Waals surface area contributed by atoms with Gasteiger partial charge >= 0.3 is 23.9 Å². The van der Waals surface area contributed by atoms with E-state index in [1.54, 1.807) is 60.7 Å². The molecule has 0 unspecified atom stereocenters. The first-order valence-corrected chi connectivity index (χ1v) is 21.3. The number of H-pyrrole nitrogens is 2. The molecule has 288 valence electrons. The van der Waals surface area contributed by atoms with Crippen LogP contribution in [0.5, 0.6) is 0 Å². The second kappa shape index (κ2) is 12.8. The maximum absolute atomic E-state index is 13.2. The van der Waals surface area contributed by atoms with Crippen LogP contribution in [-0.2, 0) is 40.5 Å².